The predicted octanol–water partition coefficient (Wildman–Crippen LogP) is 4.10. The highest BCUT2D eigenvalue weighted by Crippen LogP contribution is 2.25. The molecule has 0 bridgehead atoms. The quantitative estimate of drug-likeness (QED) is 0.784. The van der Waals surface area contributed by atoms with E-state index in [4.69, 9.17) is 0 Å². The standard InChI is InChI=1S/C18H23N3OS/c1-13(17(22)19-12-11-14-7-3-2-4-8-14)20-18-21-15-9-5-6-10-16(15)23-18/h5-7,9-10,13H,2-4,8,11-12H2,1H3,(H,19,22)(H,20,21). The first kappa shape index (κ1) is 16.0. The van der Waals surface area contributed by atoms with Gasteiger partial charge in [-0.1, -0.05) is 35.1 Å². The summed E-state index contributed by atoms with van der Waals surface area (Å²) < 4.78 is 1.13. The molecule has 1 aromatic heterocycles. The zero-order chi connectivity index (χ0) is 16.1. The van der Waals surface area contributed by atoms with Gasteiger partial charge >= 0.3 is 0 Å². The van der Waals surface area contributed by atoms with Crippen LogP contribution in [0.15, 0.2) is 35.9 Å². The van der Waals surface area contributed by atoms with Crippen molar-refractivity contribution in [3.63, 3.8) is 0 Å². The van der Waals surface area contributed by atoms with Crippen molar-refractivity contribution in [2.24, 2.45) is 0 Å². The van der Waals surface area contributed by atoms with Crippen molar-refractivity contribution in [1.82, 2.24) is 10.3 Å². The smallest absolute Gasteiger partial charge is 0.242 e. The lowest BCUT2D eigenvalue weighted by molar-refractivity contribution is -0.121. The summed E-state index contributed by atoms with van der Waals surface area (Å²) in [5, 5.41) is 7.01. The van der Waals surface area contributed by atoms with Crippen molar-refractivity contribution in [2.75, 3.05) is 11.9 Å². The molecule has 4 nitrogen and oxygen atoms in total. The van der Waals surface area contributed by atoms with E-state index in [-0.39, 0.29) is 11.9 Å². The third kappa shape index (κ3) is 4.32. The van der Waals surface area contributed by atoms with Gasteiger partial charge in [0.15, 0.2) is 5.13 Å². The molecule has 0 spiro atoms. The fraction of sp³-hybridized carbons (Fsp3) is 0.444. The molecule has 0 aliphatic heterocycles. The van der Waals surface area contributed by atoms with Crippen molar-refractivity contribution in [2.45, 2.75) is 45.1 Å². The normalized spacial score (nSPS) is 16.0. The maximum Gasteiger partial charge on any atom is 0.242 e. The first-order chi connectivity index (χ1) is 11.2. The van der Waals surface area contributed by atoms with E-state index in [1.54, 1.807) is 11.3 Å². The second-order valence-corrected chi connectivity index (χ2v) is 7.03. The third-order valence-corrected chi connectivity index (χ3v) is 5.13. The summed E-state index contributed by atoms with van der Waals surface area (Å²) in [6, 6.07) is 7.72. The number of rotatable bonds is 6. The van der Waals surface area contributed by atoms with Crippen LogP contribution in [-0.2, 0) is 4.79 Å². The van der Waals surface area contributed by atoms with Crippen LogP contribution in [0.25, 0.3) is 10.2 Å². The number of thiazole rings is 1. The Kier molecular flexibility index (Phi) is 5.28. The summed E-state index contributed by atoms with van der Waals surface area (Å²) in [4.78, 5) is 16.7. The zero-order valence-corrected chi connectivity index (χ0v) is 14.3. The maximum atomic E-state index is 12.2. The molecule has 2 aromatic rings. The Morgan fingerprint density at radius 3 is 3.00 bits per heavy atom. The molecule has 1 aromatic carbocycles. The number of nitrogens with one attached hydrogen (secondary N) is 2. The first-order valence-corrected chi connectivity index (χ1v) is 9.12. The van der Waals surface area contributed by atoms with E-state index in [1.165, 1.54) is 31.3 Å². The van der Waals surface area contributed by atoms with Gasteiger partial charge in [0.05, 0.1) is 10.2 Å². The molecule has 0 fully saturated rings. The Bertz CT molecular complexity index is 674. The van der Waals surface area contributed by atoms with Crippen molar-refractivity contribution in [1.29, 1.82) is 0 Å². The van der Waals surface area contributed by atoms with Crippen LogP contribution in [0.3, 0.4) is 0 Å². The molecule has 1 aliphatic rings. The molecule has 0 saturated heterocycles. The van der Waals surface area contributed by atoms with Gasteiger partial charge < -0.3 is 10.6 Å². The van der Waals surface area contributed by atoms with Gasteiger partial charge in [0.25, 0.3) is 0 Å². The molecule has 1 unspecified atom stereocenters. The number of hydrogen-bond donors (Lipinski definition) is 2. The number of benzene rings is 1. The van der Waals surface area contributed by atoms with E-state index in [1.807, 2.05) is 31.2 Å². The summed E-state index contributed by atoms with van der Waals surface area (Å²) in [7, 11) is 0. The van der Waals surface area contributed by atoms with Crippen LogP contribution < -0.4 is 10.6 Å². The number of carbonyl (C=O) groups is 1. The molecule has 1 amide bonds. The van der Waals surface area contributed by atoms with E-state index < -0.39 is 0 Å². The Hall–Kier alpha value is -1.88. The van der Waals surface area contributed by atoms with Gasteiger partial charge in [-0.15, -0.1) is 0 Å². The molecular weight excluding hydrogens is 306 g/mol. The van der Waals surface area contributed by atoms with E-state index in [0.29, 0.717) is 0 Å². The topological polar surface area (TPSA) is 54.0 Å². The first-order valence-electron chi connectivity index (χ1n) is 8.30. The van der Waals surface area contributed by atoms with Crippen molar-refractivity contribution in [3.05, 3.63) is 35.9 Å². The lowest BCUT2D eigenvalue weighted by Gasteiger charge is -2.15. The average Bonchev–Trinajstić information content (AvgIpc) is 2.98. The Morgan fingerprint density at radius 2 is 2.22 bits per heavy atom. The van der Waals surface area contributed by atoms with Gasteiger partial charge in [0.1, 0.15) is 6.04 Å². The Morgan fingerprint density at radius 1 is 1.35 bits per heavy atom. The Balaban J connectivity index is 1.48. The van der Waals surface area contributed by atoms with Gasteiger partial charge in [-0.05, 0) is 51.2 Å². The van der Waals surface area contributed by atoms with E-state index in [0.717, 1.165) is 28.3 Å². The SMILES string of the molecule is CC(Nc1nc2ccccc2s1)C(=O)NCCC1=CCCCC1. The molecule has 3 rings (SSSR count). The van der Waals surface area contributed by atoms with Crippen LogP contribution in [-0.4, -0.2) is 23.5 Å². The largest absolute Gasteiger partial charge is 0.354 e. The number of carbonyl (C=O) groups excluding carboxylic acids is 1. The lowest BCUT2D eigenvalue weighted by Crippen LogP contribution is -2.38. The van der Waals surface area contributed by atoms with Crippen LogP contribution in [0.5, 0.6) is 0 Å². The van der Waals surface area contributed by atoms with E-state index in [9.17, 15) is 4.79 Å². The van der Waals surface area contributed by atoms with Crippen molar-refractivity contribution in [3.8, 4) is 0 Å². The summed E-state index contributed by atoms with van der Waals surface area (Å²) in [5.74, 6) is 0.0284. The minimum atomic E-state index is -0.282. The summed E-state index contributed by atoms with van der Waals surface area (Å²) in [5.41, 5.74) is 2.46. The monoisotopic (exact) mass is 329 g/mol. The second kappa shape index (κ2) is 7.59. The molecule has 1 heterocycles. The van der Waals surface area contributed by atoms with Gasteiger partial charge in [-0.25, -0.2) is 4.98 Å². The van der Waals surface area contributed by atoms with Crippen LogP contribution in [0.2, 0.25) is 0 Å². The summed E-state index contributed by atoms with van der Waals surface area (Å²) >= 11 is 1.58. The highest BCUT2D eigenvalue weighted by atomic mass is 32.1. The number of amides is 1. The van der Waals surface area contributed by atoms with Gasteiger partial charge in [-0.3, -0.25) is 4.79 Å². The molecule has 0 radical (unpaired) electrons. The molecule has 0 saturated carbocycles. The minimum Gasteiger partial charge on any atom is -0.354 e. The fourth-order valence-electron chi connectivity index (χ4n) is 2.82. The van der Waals surface area contributed by atoms with Crippen molar-refractivity contribution >= 4 is 32.6 Å². The summed E-state index contributed by atoms with van der Waals surface area (Å²) in [6.07, 6.45) is 8.28. The molecule has 1 aliphatic carbocycles. The molecule has 5 heteroatoms. The number of aromatic nitrogens is 1. The molecule has 23 heavy (non-hydrogen) atoms. The molecule has 1 atom stereocenters. The summed E-state index contributed by atoms with van der Waals surface area (Å²) in [6.45, 7) is 2.60. The number of para-hydroxylation sites is 1. The van der Waals surface area contributed by atoms with Gasteiger partial charge in [0, 0.05) is 6.54 Å². The van der Waals surface area contributed by atoms with Crippen molar-refractivity contribution < 1.29 is 4.79 Å². The van der Waals surface area contributed by atoms with Crippen LogP contribution in [0.1, 0.15) is 39.0 Å². The second-order valence-electron chi connectivity index (χ2n) is 6.00. The Labute approximate surface area is 141 Å². The third-order valence-electron chi connectivity index (χ3n) is 4.16. The number of nitrogens with zero attached hydrogens (tertiary/aromatic N) is 1. The molecular formula is C18H23N3OS. The van der Waals surface area contributed by atoms with Crippen LogP contribution in [0, 0.1) is 0 Å². The van der Waals surface area contributed by atoms with Crippen LogP contribution in [0.4, 0.5) is 5.13 Å². The number of hydrogen-bond acceptors (Lipinski definition) is 4. The average molecular weight is 329 g/mol. The zero-order valence-electron chi connectivity index (χ0n) is 13.5. The van der Waals surface area contributed by atoms with E-state index >= 15 is 0 Å². The molecule has 122 valence electrons. The highest BCUT2D eigenvalue weighted by molar-refractivity contribution is 7.22. The highest BCUT2D eigenvalue weighted by Gasteiger charge is 2.14. The number of fused-ring (bicyclic) bond motifs is 1. The predicted molar refractivity (Wildman–Crippen MR) is 96.9 cm³/mol. The molecule has 2 N–H and O–H groups in total. The minimum absolute atomic E-state index is 0.0284. The number of allylic oxidation sites excluding steroid dienone is 1. The maximum absolute atomic E-state index is 12.2. The van der Waals surface area contributed by atoms with Gasteiger partial charge in [0.2, 0.25) is 5.91 Å². The van der Waals surface area contributed by atoms with E-state index in [2.05, 4.69) is 21.7 Å². The fourth-order valence-corrected chi connectivity index (χ4v) is 3.77. The van der Waals surface area contributed by atoms with Gasteiger partial charge in [-0.2, -0.15) is 0 Å². The van der Waals surface area contributed by atoms with Crippen LogP contribution >= 0.6 is 11.3 Å². The lowest BCUT2D eigenvalue weighted by atomic mass is 9.97. The number of anilines is 1.